The van der Waals surface area contributed by atoms with Crippen LogP contribution in [-0.4, -0.2) is 9.97 Å². The van der Waals surface area contributed by atoms with E-state index >= 15 is 0 Å². The van der Waals surface area contributed by atoms with Gasteiger partial charge < -0.3 is 5.73 Å². The molecule has 0 saturated heterocycles. The first-order chi connectivity index (χ1) is 5.93. The largest absolute Gasteiger partial charge is 0.451 e. The Labute approximate surface area is 72.8 Å². The number of alkyl halides is 3. The number of rotatable bonds is 1. The van der Waals surface area contributed by atoms with Crippen LogP contribution in [0.5, 0.6) is 0 Å². The van der Waals surface area contributed by atoms with Crippen LogP contribution >= 0.6 is 0 Å². The third-order valence-electron chi connectivity index (χ3n) is 1.41. The number of hydrogen-bond acceptors (Lipinski definition) is 3. The molecule has 1 rings (SSSR count). The summed E-state index contributed by atoms with van der Waals surface area (Å²) in [7, 11) is 0. The van der Waals surface area contributed by atoms with Gasteiger partial charge in [-0.15, -0.1) is 0 Å². The van der Waals surface area contributed by atoms with Crippen molar-refractivity contribution in [3.05, 3.63) is 17.6 Å². The highest BCUT2D eigenvalue weighted by Crippen LogP contribution is 2.26. The number of halogens is 3. The zero-order valence-corrected chi connectivity index (χ0v) is 6.89. The minimum Gasteiger partial charge on any atom is -0.384 e. The van der Waals surface area contributed by atoms with Crippen molar-refractivity contribution in [3.63, 3.8) is 0 Å². The van der Waals surface area contributed by atoms with E-state index in [1.54, 1.807) is 6.92 Å². The van der Waals surface area contributed by atoms with Gasteiger partial charge in [0.05, 0.1) is 0 Å². The summed E-state index contributed by atoms with van der Waals surface area (Å²) >= 11 is 0. The number of nitrogen functional groups attached to an aromatic ring is 1. The first-order valence-electron chi connectivity index (χ1n) is 3.64. The molecule has 2 N–H and O–H groups in total. The predicted molar refractivity (Wildman–Crippen MR) is 40.8 cm³/mol. The lowest BCUT2D eigenvalue weighted by Crippen LogP contribution is -2.13. The van der Waals surface area contributed by atoms with Crippen LogP contribution in [0.2, 0.25) is 0 Å². The summed E-state index contributed by atoms with van der Waals surface area (Å²) in [5, 5.41) is 0. The Morgan fingerprint density at radius 1 is 1.38 bits per heavy atom. The van der Waals surface area contributed by atoms with Gasteiger partial charge in [0.25, 0.3) is 0 Å². The summed E-state index contributed by atoms with van der Waals surface area (Å²) in [5.74, 6) is -1.33. The Bertz CT molecular complexity index is 308. The maximum Gasteiger partial charge on any atom is 0.451 e. The second-order valence-electron chi connectivity index (χ2n) is 2.46. The molecular weight excluding hydrogens is 183 g/mol. The van der Waals surface area contributed by atoms with Gasteiger partial charge in [-0.3, -0.25) is 0 Å². The number of aryl methyl sites for hydroxylation is 1. The van der Waals surface area contributed by atoms with Crippen molar-refractivity contribution in [2.45, 2.75) is 19.5 Å². The van der Waals surface area contributed by atoms with Crippen LogP contribution in [0.15, 0.2) is 6.07 Å². The first-order valence-corrected chi connectivity index (χ1v) is 3.64. The lowest BCUT2D eigenvalue weighted by molar-refractivity contribution is -0.145. The van der Waals surface area contributed by atoms with E-state index < -0.39 is 12.0 Å². The van der Waals surface area contributed by atoms with E-state index in [2.05, 4.69) is 9.97 Å². The minimum absolute atomic E-state index is 0.154. The molecule has 6 heteroatoms. The molecule has 0 aromatic carbocycles. The van der Waals surface area contributed by atoms with Crippen LogP contribution in [0.1, 0.15) is 18.4 Å². The van der Waals surface area contributed by atoms with E-state index in [4.69, 9.17) is 5.73 Å². The van der Waals surface area contributed by atoms with Crippen LogP contribution in [0.3, 0.4) is 0 Å². The van der Waals surface area contributed by atoms with Crippen LogP contribution in [0, 0.1) is 0 Å². The maximum atomic E-state index is 12.1. The van der Waals surface area contributed by atoms with Crippen LogP contribution in [0.25, 0.3) is 0 Å². The first kappa shape index (κ1) is 9.76. The zero-order chi connectivity index (χ0) is 10.1. The van der Waals surface area contributed by atoms with Gasteiger partial charge >= 0.3 is 6.18 Å². The average Bonchev–Trinajstić information content (AvgIpc) is 2.01. The molecule has 3 nitrogen and oxygen atoms in total. The Hall–Kier alpha value is -1.33. The van der Waals surface area contributed by atoms with E-state index in [1.165, 1.54) is 6.07 Å². The summed E-state index contributed by atoms with van der Waals surface area (Å²) in [4.78, 5) is 6.40. The van der Waals surface area contributed by atoms with Crippen molar-refractivity contribution in [3.8, 4) is 0 Å². The highest BCUT2D eigenvalue weighted by Gasteiger charge is 2.35. The van der Waals surface area contributed by atoms with E-state index in [0.29, 0.717) is 12.1 Å². The molecule has 0 atom stereocenters. The third-order valence-corrected chi connectivity index (χ3v) is 1.41. The topological polar surface area (TPSA) is 51.8 Å². The maximum absolute atomic E-state index is 12.1. The van der Waals surface area contributed by atoms with Crippen molar-refractivity contribution < 1.29 is 13.2 Å². The standard InChI is InChI=1S/C7H8F3N3/c1-2-4-3-5(11)13-6(12-4)7(8,9)10/h3H,2H2,1H3,(H2,11,12,13). The van der Waals surface area contributed by atoms with Crippen molar-refractivity contribution in [2.24, 2.45) is 0 Å². The van der Waals surface area contributed by atoms with Gasteiger partial charge in [0.2, 0.25) is 5.82 Å². The van der Waals surface area contributed by atoms with Gasteiger partial charge in [-0.1, -0.05) is 6.92 Å². The lowest BCUT2D eigenvalue weighted by atomic mass is 10.3. The molecule has 1 heterocycles. The van der Waals surface area contributed by atoms with Crippen molar-refractivity contribution >= 4 is 5.82 Å². The van der Waals surface area contributed by atoms with Gasteiger partial charge in [0.1, 0.15) is 5.82 Å². The molecule has 0 spiro atoms. The summed E-state index contributed by atoms with van der Waals surface area (Å²) in [6.45, 7) is 1.70. The minimum atomic E-state index is -4.53. The molecule has 0 radical (unpaired) electrons. The smallest absolute Gasteiger partial charge is 0.384 e. The molecular formula is C7H8F3N3. The molecule has 0 unspecified atom stereocenters. The molecule has 0 fully saturated rings. The predicted octanol–water partition coefficient (Wildman–Crippen LogP) is 1.64. The second kappa shape index (κ2) is 3.20. The fourth-order valence-electron chi connectivity index (χ4n) is 0.826. The third kappa shape index (κ3) is 2.30. The molecule has 0 amide bonds. The van der Waals surface area contributed by atoms with E-state index in [0.717, 1.165) is 0 Å². The summed E-state index contributed by atoms with van der Waals surface area (Å²) in [5.41, 5.74) is 5.47. The molecule has 0 aliphatic heterocycles. The van der Waals surface area contributed by atoms with Crippen molar-refractivity contribution in [2.75, 3.05) is 5.73 Å². The fourth-order valence-corrected chi connectivity index (χ4v) is 0.826. The van der Waals surface area contributed by atoms with Gasteiger partial charge in [-0.05, 0) is 6.42 Å². The fraction of sp³-hybridized carbons (Fsp3) is 0.429. The summed E-state index contributed by atoms with van der Waals surface area (Å²) < 4.78 is 36.3. The highest BCUT2D eigenvalue weighted by molar-refractivity contribution is 5.30. The Kier molecular flexibility index (Phi) is 2.40. The Morgan fingerprint density at radius 3 is 2.46 bits per heavy atom. The number of hydrogen-bond donors (Lipinski definition) is 1. The summed E-state index contributed by atoms with van der Waals surface area (Å²) in [6.07, 6.45) is -4.13. The highest BCUT2D eigenvalue weighted by atomic mass is 19.4. The van der Waals surface area contributed by atoms with Crippen LogP contribution in [-0.2, 0) is 12.6 Å². The van der Waals surface area contributed by atoms with Crippen molar-refractivity contribution in [1.29, 1.82) is 0 Å². The quantitative estimate of drug-likeness (QED) is 0.734. The molecule has 0 aliphatic rings. The molecule has 1 aromatic heterocycles. The van der Waals surface area contributed by atoms with E-state index in [1.807, 2.05) is 0 Å². The number of aromatic nitrogens is 2. The van der Waals surface area contributed by atoms with Gasteiger partial charge in [-0.2, -0.15) is 13.2 Å². The number of nitrogens with zero attached hydrogens (tertiary/aromatic N) is 2. The van der Waals surface area contributed by atoms with Gasteiger partial charge in [0.15, 0.2) is 0 Å². The van der Waals surface area contributed by atoms with Crippen molar-refractivity contribution in [1.82, 2.24) is 9.97 Å². The van der Waals surface area contributed by atoms with E-state index in [-0.39, 0.29) is 5.82 Å². The normalized spacial score (nSPS) is 11.7. The Morgan fingerprint density at radius 2 is 2.00 bits per heavy atom. The molecule has 72 valence electrons. The van der Waals surface area contributed by atoms with E-state index in [9.17, 15) is 13.2 Å². The van der Waals surface area contributed by atoms with Crippen LogP contribution < -0.4 is 5.73 Å². The number of anilines is 1. The average molecular weight is 191 g/mol. The molecule has 0 saturated carbocycles. The zero-order valence-electron chi connectivity index (χ0n) is 6.89. The summed E-state index contributed by atoms with van der Waals surface area (Å²) in [6, 6.07) is 1.33. The molecule has 13 heavy (non-hydrogen) atoms. The lowest BCUT2D eigenvalue weighted by Gasteiger charge is -2.06. The van der Waals surface area contributed by atoms with Gasteiger partial charge in [-0.25, -0.2) is 9.97 Å². The molecule has 1 aromatic rings. The SMILES string of the molecule is CCc1cc(N)nc(C(F)(F)F)n1. The monoisotopic (exact) mass is 191 g/mol. The molecule has 0 bridgehead atoms. The number of nitrogens with two attached hydrogens (primary N) is 1. The second-order valence-corrected chi connectivity index (χ2v) is 2.46. The van der Waals surface area contributed by atoms with Crippen LogP contribution in [0.4, 0.5) is 19.0 Å². The Balaban J connectivity index is 3.16. The van der Waals surface area contributed by atoms with Gasteiger partial charge in [0, 0.05) is 11.8 Å². The molecule has 0 aliphatic carbocycles.